The van der Waals surface area contributed by atoms with Gasteiger partial charge in [0.2, 0.25) is 0 Å². The number of amides is 1. The van der Waals surface area contributed by atoms with Crippen molar-refractivity contribution in [2.75, 3.05) is 26.9 Å². The van der Waals surface area contributed by atoms with Crippen molar-refractivity contribution in [3.63, 3.8) is 0 Å². The standard InChI is InChI=1S/C15H17N3O6/c1-3-23-13(20)8-17-15(21)14(18-16)10(19)9-24-12-7-5-4-6-11(12)22-2/h4-7H,3,8-9H2,1-2H3,(H,17,21). The van der Waals surface area contributed by atoms with Crippen LogP contribution in [0, 0.1) is 0 Å². The summed E-state index contributed by atoms with van der Waals surface area (Å²) >= 11 is 0. The molecule has 0 atom stereocenters. The van der Waals surface area contributed by atoms with Crippen molar-refractivity contribution in [2.24, 2.45) is 0 Å². The van der Waals surface area contributed by atoms with Crippen LogP contribution in [0.15, 0.2) is 24.3 Å². The Hall–Kier alpha value is -3.19. The number of rotatable bonds is 9. The molecule has 0 bridgehead atoms. The lowest BCUT2D eigenvalue weighted by Crippen LogP contribution is -2.41. The van der Waals surface area contributed by atoms with Gasteiger partial charge in [-0.2, -0.15) is 4.79 Å². The van der Waals surface area contributed by atoms with E-state index in [-0.39, 0.29) is 12.4 Å². The predicted octanol–water partition coefficient (Wildman–Crippen LogP) is -0.00680. The number of ether oxygens (including phenoxy) is 3. The summed E-state index contributed by atoms with van der Waals surface area (Å²) in [6.07, 6.45) is 0. The number of carbonyl (C=O) groups is 3. The lowest BCUT2D eigenvalue weighted by Gasteiger charge is -2.08. The van der Waals surface area contributed by atoms with E-state index in [1.54, 1.807) is 31.2 Å². The number of esters is 1. The second-order valence-electron chi connectivity index (χ2n) is 4.30. The molecule has 0 spiro atoms. The van der Waals surface area contributed by atoms with E-state index >= 15 is 0 Å². The SMILES string of the molecule is CCOC(=O)CNC(=O)C(=[N+]=[N-])C(=O)COc1ccccc1OC. The van der Waals surface area contributed by atoms with Gasteiger partial charge in [-0.15, -0.1) is 0 Å². The molecule has 9 heteroatoms. The van der Waals surface area contributed by atoms with E-state index in [4.69, 9.17) is 15.0 Å². The Labute approximate surface area is 138 Å². The third-order valence-electron chi connectivity index (χ3n) is 2.71. The molecule has 1 aromatic rings. The summed E-state index contributed by atoms with van der Waals surface area (Å²) < 4.78 is 14.9. The average Bonchev–Trinajstić information content (AvgIpc) is 2.59. The fourth-order valence-corrected chi connectivity index (χ4v) is 1.63. The molecule has 0 fully saturated rings. The number of hydrogen-bond donors (Lipinski definition) is 1. The highest BCUT2D eigenvalue weighted by molar-refractivity contribution is 6.64. The molecule has 9 nitrogen and oxygen atoms in total. The first-order valence-electron chi connectivity index (χ1n) is 6.98. The molecule has 1 N–H and O–H groups in total. The monoisotopic (exact) mass is 335 g/mol. The van der Waals surface area contributed by atoms with Crippen molar-refractivity contribution in [1.29, 1.82) is 0 Å². The van der Waals surface area contributed by atoms with Crippen LogP contribution in [0.3, 0.4) is 0 Å². The van der Waals surface area contributed by atoms with Crippen LogP contribution in [0.4, 0.5) is 0 Å². The smallest absolute Gasteiger partial charge is 0.425 e. The number of hydrogen-bond acceptors (Lipinski definition) is 6. The molecule has 0 aliphatic heterocycles. The molecular formula is C15H17N3O6. The molecule has 0 radical (unpaired) electrons. The van der Waals surface area contributed by atoms with Gasteiger partial charge in [0.1, 0.15) is 6.54 Å². The maximum Gasteiger partial charge on any atom is 0.425 e. The summed E-state index contributed by atoms with van der Waals surface area (Å²) in [5.41, 5.74) is 8.06. The number of nitrogens with zero attached hydrogens (tertiary/aromatic N) is 2. The Kier molecular flexibility index (Phi) is 7.66. The molecule has 0 saturated carbocycles. The van der Waals surface area contributed by atoms with Crippen molar-refractivity contribution < 1.29 is 33.4 Å². The summed E-state index contributed by atoms with van der Waals surface area (Å²) in [5, 5.41) is 2.11. The summed E-state index contributed by atoms with van der Waals surface area (Å²) in [7, 11) is 1.44. The first-order valence-corrected chi connectivity index (χ1v) is 6.98. The minimum Gasteiger partial charge on any atom is -0.493 e. The minimum atomic E-state index is -1.01. The molecule has 1 aromatic carbocycles. The minimum absolute atomic E-state index is 0.154. The van der Waals surface area contributed by atoms with Crippen LogP contribution in [-0.2, 0) is 19.1 Å². The third kappa shape index (κ3) is 5.54. The molecule has 0 aliphatic carbocycles. The Morgan fingerprint density at radius 3 is 2.46 bits per heavy atom. The van der Waals surface area contributed by atoms with E-state index in [2.05, 4.69) is 14.8 Å². The normalized spacial score (nSPS) is 9.42. The van der Waals surface area contributed by atoms with Crippen molar-refractivity contribution >= 4 is 23.4 Å². The van der Waals surface area contributed by atoms with Gasteiger partial charge in [-0.05, 0) is 19.1 Å². The van der Waals surface area contributed by atoms with Gasteiger partial charge in [0.15, 0.2) is 18.1 Å². The van der Waals surface area contributed by atoms with Crippen LogP contribution < -0.4 is 14.8 Å². The van der Waals surface area contributed by atoms with E-state index in [1.807, 2.05) is 0 Å². The van der Waals surface area contributed by atoms with Crippen LogP contribution in [0.25, 0.3) is 5.53 Å². The van der Waals surface area contributed by atoms with E-state index in [1.165, 1.54) is 7.11 Å². The molecule has 128 valence electrons. The summed E-state index contributed by atoms with van der Waals surface area (Å²) in [5.74, 6) is -1.87. The largest absolute Gasteiger partial charge is 0.493 e. The lowest BCUT2D eigenvalue weighted by molar-refractivity contribution is -0.143. The Bertz CT molecular complexity index is 667. The predicted molar refractivity (Wildman–Crippen MR) is 81.8 cm³/mol. The van der Waals surface area contributed by atoms with E-state index in [0.29, 0.717) is 5.75 Å². The van der Waals surface area contributed by atoms with Gasteiger partial charge in [0, 0.05) is 0 Å². The highest BCUT2D eigenvalue weighted by Crippen LogP contribution is 2.25. The average molecular weight is 335 g/mol. The Morgan fingerprint density at radius 2 is 1.88 bits per heavy atom. The van der Waals surface area contributed by atoms with E-state index in [9.17, 15) is 14.4 Å². The lowest BCUT2D eigenvalue weighted by atomic mass is 10.2. The van der Waals surface area contributed by atoms with Crippen molar-refractivity contribution in [3.8, 4) is 11.5 Å². The number of carbonyl (C=O) groups excluding carboxylic acids is 3. The van der Waals surface area contributed by atoms with E-state index < -0.39 is 36.5 Å². The fourth-order valence-electron chi connectivity index (χ4n) is 1.63. The topological polar surface area (TPSA) is 127 Å². The van der Waals surface area contributed by atoms with Crippen LogP contribution in [0.1, 0.15) is 6.92 Å². The fraction of sp³-hybridized carbons (Fsp3) is 0.333. The third-order valence-corrected chi connectivity index (χ3v) is 2.71. The summed E-state index contributed by atoms with van der Waals surface area (Å²) in [4.78, 5) is 37.5. The second kappa shape index (κ2) is 9.75. The van der Waals surface area contributed by atoms with E-state index in [0.717, 1.165) is 0 Å². The van der Waals surface area contributed by atoms with Crippen LogP contribution in [-0.4, -0.2) is 55.0 Å². The molecular weight excluding hydrogens is 318 g/mol. The number of nitrogens with one attached hydrogen (secondary N) is 1. The molecule has 0 aliphatic rings. The molecule has 0 saturated heterocycles. The first-order chi connectivity index (χ1) is 11.5. The molecule has 1 amide bonds. The second-order valence-corrected chi connectivity index (χ2v) is 4.30. The molecule has 0 aromatic heterocycles. The first kappa shape index (κ1) is 18.9. The highest BCUT2D eigenvalue weighted by atomic mass is 16.5. The number of methoxy groups -OCH3 is 1. The summed E-state index contributed by atoms with van der Waals surface area (Å²) in [6.45, 7) is 0.763. The van der Waals surface area contributed by atoms with Gasteiger partial charge in [0.05, 0.1) is 13.7 Å². The zero-order chi connectivity index (χ0) is 17.9. The van der Waals surface area contributed by atoms with Crippen LogP contribution >= 0.6 is 0 Å². The number of benzene rings is 1. The number of para-hydroxylation sites is 2. The molecule has 0 unspecified atom stereocenters. The maximum absolute atomic E-state index is 11.9. The van der Waals surface area contributed by atoms with Crippen molar-refractivity contribution in [3.05, 3.63) is 29.8 Å². The zero-order valence-corrected chi connectivity index (χ0v) is 13.3. The van der Waals surface area contributed by atoms with Gasteiger partial charge in [-0.25, -0.2) is 0 Å². The van der Waals surface area contributed by atoms with Gasteiger partial charge in [0.25, 0.3) is 5.78 Å². The van der Waals surface area contributed by atoms with Gasteiger partial charge in [-0.3, -0.25) is 14.4 Å². The quantitative estimate of drug-likeness (QED) is 0.222. The van der Waals surface area contributed by atoms with Crippen molar-refractivity contribution in [2.45, 2.75) is 6.92 Å². The molecule has 1 rings (SSSR count). The zero-order valence-electron chi connectivity index (χ0n) is 13.3. The van der Waals surface area contributed by atoms with Crippen LogP contribution in [0.5, 0.6) is 11.5 Å². The van der Waals surface area contributed by atoms with Gasteiger partial charge < -0.3 is 25.1 Å². The molecule has 24 heavy (non-hydrogen) atoms. The summed E-state index contributed by atoms with van der Waals surface area (Å²) in [6, 6.07) is 6.60. The maximum atomic E-state index is 11.9. The Morgan fingerprint density at radius 1 is 1.21 bits per heavy atom. The number of ketones is 1. The van der Waals surface area contributed by atoms with Gasteiger partial charge in [-0.1, -0.05) is 12.1 Å². The van der Waals surface area contributed by atoms with Crippen LogP contribution in [0.2, 0.25) is 0 Å². The van der Waals surface area contributed by atoms with Crippen molar-refractivity contribution in [1.82, 2.24) is 5.32 Å². The number of Topliss-reactive ketones (excluding diaryl/α,β-unsaturated/α-hetero) is 1. The van der Waals surface area contributed by atoms with Gasteiger partial charge >= 0.3 is 17.6 Å². The Balaban J connectivity index is 2.62. The highest BCUT2D eigenvalue weighted by Gasteiger charge is 2.30. The molecule has 0 heterocycles.